The van der Waals surface area contributed by atoms with Crippen molar-refractivity contribution >= 4 is 47.8 Å². The van der Waals surface area contributed by atoms with E-state index in [1.165, 1.54) is 22.3 Å². The molecule has 0 aromatic heterocycles. The van der Waals surface area contributed by atoms with Gasteiger partial charge in [0, 0.05) is 14.5 Å². The summed E-state index contributed by atoms with van der Waals surface area (Å²) in [6, 6.07) is 8.45. The minimum Gasteiger partial charge on any atom is -0.496 e. The summed E-state index contributed by atoms with van der Waals surface area (Å²) in [7, 11) is 1.73. The van der Waals surface area contributed by atoms with Crippen LogP contribution < -0.4 is 4.74 Å². The summed E-state index contributed by atoms with van der Waals surface area (Å²) in [5, 5.41) is 0. The van der Waals surface area contributed by atoms with Gasteiger partial charge in [-0.3, -0.25) is 0 Å². The van der Waals surface area contributed by atoms with Crippen molar-refractivity contribution in [2.24, 2.45) is 0 Å². The largest absolute Gasteiger partial charge is 0.496 e. The van der Waals surface area contributed by atoms with Crippen LogP contribution in [0.25, 0.3) is 0 Å². The standard InChI is InChI=1S/C17H17Br3O/c1-9-5-6-12(18)8-13(9)16(20)15-11(3)14(19)7-10(2)17(15)21-4/h5-8,16H,1-4H3. The third kappa shape index (κ3) is 3.38. The van der Waals surface area contributed by atoms with Crippen molar-refractivity contribution in [1.29, 1.82) is 0 Å². The number of alkyl halides is 1. The molecule has 0 amide bonds. The van der Waals surface area contributed by atoms with Crippen LogP contribution >= 0.6 is 47.8 Å². The minimum absolute atomic E-state index is 0.0844. The zero-order chi connectivity index (χ0) is 15.7. The molecule has 0 aliphatic carbocycles. The van der Waals surface area contributed by atoms with E-state index in [1.807, 2.05) is 0 Å². The predicted octanol–water partition coefficient (Wildman–Crippen LogP) is 6.63. The molecular formula is C17H17Br3O. The molecule has 0 bridgehead atoms. The van der Waals surface area contributed by atoms with E-state index in [2.05, 4.69) is 92.8 Å². The molecule has 0 aliphatic heterocycles. The molecule has 0 N–H and O–H groups in total. The van der Waals surface area contributed by atoms with Crippen molar-refractivity contribution in [3.8, 4) is 5.75 Å². The molecule has 21 heavy (non-hydrogen) atoms. The fourth-order valence-electron chi connectivity index (χ4n) is 2.49. The van der Waals surface area contributed by atoms with Crippen LogP contribution in [0.5, 0.6) is 5.75 Å². The van der Waals surface area contributed by atoms with Crippen molar-refractivity contribution in [1.82, 2.24) is 0 Å². The zero-order valence-electron chi connectivity index (χ0n) is 12.4. The Hall–Kier alpha value is -0.320. The number of benzene rings is 2. The van der Waals surface area contributed by atoms with Crippen molar-refractivity contribution < 1.29 is 4.74 Å². The van der Waals surface area contributed by atoms with Crippen LogP contribution in [0.2, 0.25) is 0 Å². The first-order chi connectivity index (χ1) is 9.86. The van der Waals surface area contributed by atoms with Gasteiger partial charge in [0.25, 0.3) is 0 Å². The Balaban J connectivity index is 2.68. The van der Waals surface area contributed by atoms with Gasteiger partial charge in [-0.25, -0.2) is 0 Å². The third-order valence-corrected chi connectivity index (χ3v) is 5.95. The van der Waals surface area contributed by atoms with E-state index in [1.54, 1.807) is 7.11 Å². The summed E-state index contributed by atoms with van der Waals surface area (Å²) in [5.74, 6) is 0.942. The van der Waals surface area contributed by atoms with Gasteiger partial charge in [0.1, 0.15) is 5.75 Å². The highest BCUT2D eigenvalue weighted by atomic mass is 79.9. The minimum atomic E-state index is 0.0844. The van der Waals surface area contributed by atoms with Crippen LogP contribution in [0.3, 0.4) is 0 Å². The maximum atomic E-state index is 5.66. The topological polar surface area (TPSA) is 9.23 Å². The SMILES string of the molecule is COc1c(C)cc(Br)c(C)c1C(Br)c1cc(Br)ccc1C. The highest BCUT2D eigenvalue weighted by Crippen LogP contribution is 2.44. The first-order valence-corrected chi connectivity index (χ1v) is 9.10. The van der Waals surface area contributed by atoms with Crippen LogP contribution in [-0.4, -0.2) is 7.11 Å². The van der Waals surface area contributed by atoms with Gasteiger partial charge in [0.05, 0.1) is 11.9 Å². The molecule has 0 fully saturated rings. The molecule has 0 aliphatic rings. The second kappa shape index (κ2) is 6.84. The summed E-state index contributed by atoms with van der Waals surface area (Å²) in [6.07, 6.45) is 0. The van der Waals surface area contributed by atoms with Gasteiger partial charge in [-0.2, -0.15) is 0 Å². The van der Waals surface area contributed by atoms with Crippen molar-refractivity contribution in [2.45, 2.75) is 25.6 Å². The normalized spacial score (nSPS) is 12.3. The second-order valence-corrected chi connectivity index (χ2v) is 7.80. The van der Waals surface area contributed by atoms with Crippen LogP contribution in [0.4, 0.5) is 0 Å². The van der Waals surface area contributed by atoms with Crippen molar-refractivity contribution in [3.05, 3.63) is 61.0 Å². The number of hydrogen-bond donors (Lipinski definition) is 0. The zero-order valence-corrected chi connectivity index (χ0v) is 17.2. The Morgan fingerprint density at radius 2 is 1.67 bits per heavy atom. The molecule has 0 saturated carbocycles. The number of halogens is 3. The molecule has 0 spiro atoms. The highest BCUT2D eigenvalue weighted by Gasteiger charge is 2.22. The Kier molecular flexibility index (Phi) is 5.55. The van der Waals surface area contributed by atoms with Crippen molar-refractivity contribution in [3.63, 3.8) is 0 Å². The van der Waals surface area contributed by atoms with Gasteiger partial charge in [0.15, 0.2) is 0 Å². The molecule has 1 nitrogen and oxygen atoms in total. The predicted molar refractivity (Wildman–Crippen MR) is 99.8 cm³/mol. The van der Waals surface area contributed by atoms with Gasteiger partial charge in [-0.1, -0.05) is 53.9 Å². The molecule has 2 rings (SSSR count). The van der Waals surface area contributed by atoms with Gasteiger partial charge in [-0.15, -0.1) is 0 Å². The Morgan fingerprint density at radius 3 is 2.29 bits per heavy atom. The fraction of sp³-hybridized carbons (Fsp3) is 0.294. The maximum Gasteiger partial charge on any atom is 0.126 e. The van der Waals surface area contributed by atoms with E-state index in [0.717, 1.165) is 20.3 Å². The molecule has 0 radical (unpaired) electrons. The van der Waals surface area contributed by atoms with Crippen LogP contribution in [0.1, 0.15) is 32.6 Å². The monoisotopic (exact) mass is 474 g/mol. The molecule has 2 aromatic carbocycles. The van der Waals surface area contributed by atoms with Gasteiger partial charge in [0.2, 0.25) is 0 Å². The lowest BCUT2D eigenvalue weighted by Gasteiger charge is -2.22. The average Bonchev–Trinajstić information content (AvgIpc) is 2.44. The first kappa shape index (κ1) is 17.0. The van der Waals surface area contributed by atoms with E-state index in [0.29, 0.717) is 0 Å². The maximum absolute atomic E-state index is 5.66. The van der Waals surface area contributed by atoms with Crippen molar-refractivity contribution in [2.75, 3.05) is 7.11 Å². The lowest BCUT2D eigenvalue weighted by Crippen LogP contribution is -2.04. The summed E-state index contributed by atoms with van der Waals surface area (Å²) in [6.45, 7) is 6.31. The summed E-state index contributed by atoms with van der Waals surface area (Å²) in [4.78, 5) is 0.0844. The molecule has 2 aromatic rings. The number of ether oxygens (including phenoxy) is 1. The summed E-state index contributed by atoms with van der Waals surface area (Å²) in [5.41, 5.74) is 5.98. The number of hydrogen-bond acceptors (Lipinski definition) is 1. The summed E-state index contributed by atoms with van der Waals surface area (Å²) < 4.78 is 7.85. The average molecular weight is 477 g/mol. The molecular weight excluding hydrogens is 460 g/mol. The van der Waals surface area contributed by atoms with E-state index in [9.17, 15) is 0 Å². The molecule has 0 heterocycles. The van der Waals surface area contributed by atoms with Crippen LogP contribution in [0.15, 0.2) is 33.2 Å². The Labute approximate surface area is 151 Å². The fourth-order valence-corrected chi connectivity index (χ4v) is 4.47. The highest BCUT2D eigenvalue weighted by molar-refractivity contribution is 9.11. The molecule has 1 atom stereocenters. The van der Waals surface area contributed by atoms with E-state index >= 15 is 0 Å². The van der Waals surface area contributed by atoms with Crippen LogP contribution in [0, 0.1) is 20.8 Å². The van der Waals surface area contributed by atoms with Gasteiger partial charge >= 0.3 is 0 Å². The number of aryl methyl sites for hydroxylation is 2. The second-order valence-electron chi connectivity index (χ2n) is 5.11. The molecule has 1 unspecified atom stereocenters. The summed E-state index contributed by atoms with van der Waals surface area (Å²) >= 11 is 11.1. The molecule has 4 heteroatoms. The van der Waals surface area contributed by atoms with Gasteiger partial charge < -0.3 is 4.74 Å². The number of rotatable bonds is 3. The Bertz CT molecular complexity index is 680. The lowest BCUT2D eigenvalue weighted by atomic mass is 9.95. The van der Waals surface area contributed by atoms with E-state index < -0.39 is 0 Å². The molecule has 0 saturated heterocycles. The van der Waals surface area contributed by atoms with E-state index in [4.69, 9.17) is 4.74 Å². The third-order valence-electron chi connectivity index (χ3n) is 3.68. The van der Waals surface area contributed by atoms with E-state index in [-0.39, 0.29) is 4.83 Å². The smallest absolute Gasteiger partial charge is 0.126 e. The quantitative estimate of drug-likeness (QED) is 0.452. The van der Waals surface area contributed by atoms with Gasteiger partial charge in [-0.05, 0) is 61.2 Å². The molecule has 112 valence electrons. The van der Waals surface area contributed by atoms with Crippen LogP contribution in [-0.2, 0) is 0 Å². The Morgan fingerprint density at radius 1 is 1.00 bits per heavy atom. The first-order valence-electron chi connectivity index (χ1n) is 6.60. The number of methoxy groups -OCH3 is 1. The lowest BCUT2D eigenvalue weighted by molar-refractivity contribution is 0.406.